The summed E-state index contributed by atoms with van der Waals surface area (Å²) in [6.45, 7) is 4.21. The van der Waals surface area contributed by atoms with E-state index in [0.717, 1.165) is 24.7 Å². The molecular weight excluding hydrogens is 262 g/mol. The van der Waals surface area contributed by atoms with Gasteiger partial charge in [-0.2, -0.15) is 5.10 Å². The fraction of sp³-hybridized carbons (Fsp3) is 0.471. The van der Waals surface area contributed by atoms with Gasteiger partial charge >= 0.3 is 0 Å². The number of ether oxygens (including phenoxy) is 1. The van der Waals surface area contributed by atoms with Crippen molar-refractivity contribution in [2.24, 2.45) is 7.05 Å². The van der Waals surface area contributed by atoms with Crippen LogP contribution in [-0.2, 0) is 13.6 Å². The Morgan fingerprint density at radius 2 is 2.05 bits per heavy atom. The van der Waals surface area contributed by atoms with Crippen molar-refractivity contribution >= 4 is 0 Å². The minimum Gasteiger partial charge on any atom is -0.481 e. The Morgan fingerprint density at radius 3 is 2.76 bits per heavy atom. The summed E-state index contributed by atoms with van der Waals surface area (Å²) in [6, 6.07) is 11.1. The van der Waals surface area contributed by atoms with Crippen molar-refractivity contribution in [1.82, 2.24) is 14.7 Å². The predicted molar refractivity (Wildman–Crippen MR) is 83.3 cm³/mol. The number of aromatic nitrogens is 2. The first kappa shape index (κ1) is 14.1. The number of likely N-dealkylation sites (tertiary alicyclic amines) is 1. The van der Waals surface area contributed by atoms with Gasteiger partial charge in [0.05, 0.1) is 18.4 Å². The highest BCUT2D eigenvalue weighted by Gasteiger charge is 2.31. The molecule has 0 N–H and O–H groups in total. The van der Waals surface area contributed by atoms with Gasteiger partial charge in [0.25, 0.3) is 0 Å². The van der Waals surface area contributed by atoms with Crippen LogP contribution in [0.4, 0.5) is 0 Å². The molecule has 0 aliphatic carbocycles. The van der Waals surface area contributed by atoms with Crippen LogP contribution in [-0.4, -0.2) is 28.3 Å². The number of hydrogen-bond acceptors (Lipinski definition) is 3. The lowest BCUT2D eigenvalue weighted by Gasteiger charge is -2.25. The lowest BCUT2D eigenvalue weighted by atomic mass is 10.0. The molecule has 0 radical (unpaired) electrons. The zero-order valence-electron chi connectivity index (χ0n) is 13.0. The lowest BCUT2D eigenvalue weighted by Crippen LogP contribution is -2.23. The van der Waals surface area contributed by atoms with E-state index in [9.17, 15) is 0 Å². The third-order valence-electron chi connectivity index (χ3n) is 4.33. The average Bonchev–Trinajstić information content (AvgIpc) is 3.03. The standard InChI is InChI=1S/C17H23N3O/c1-13-16(17(21-3)19(2)18-13)15-10-7-11-20(15)12-14-8-5-4-6-9-14/h4-6,8-9,15H,7,10-12H2,1-3H3. The van der Waals surface area contributed by atoms with Crippen LogP contribution >= 0.6 is 0 Å². The Hall–Kier alpha value is -1.81. The number of benzene rings is 1. The molecule has 0 bridgehead atoms. The second-order valence-electron chi connectivity index (χ2n) is 5.75. The molecule has 1 saturated heterocycles. The average molecular weight is 285 g/mol. The quantitative estimate of drug-likeness (QED) is 0.865. The summed E-state index contributed by atoms with van der Waals surface area (Å²) >= 11 is 0. The zero-order valence-corrected chi connectivity index (χ0v) is 13.0. The van der Waals surface area contributed by atoms with Gasteiger partial charge in [-0.1, -0.05) is 30.3 Å². The van der Waals surface area contributed by atoms with Gasteiger partial charge in [-0.05, 0) is 31.9 Å². The molecule has 1 aliphatic rings. The van der Waals surface area contributed by atoms with E-state index in [2.05, 4.69) is 47.3 Å². The first-order valence-electron chi connectivity index (χ1n) is 7.56. The van der Waals surface area contributed by atoms with Gasteiger partial charge < -0.3 is 4.74 Å². The Balaban J connectivity index is 1.87. The van der Waals surface area contributed by atoms with Crippen molar-refractivity contribution in [3.8, 4) is 5.88 Å². The second-order valence-corrected chi connectivity index (χ2v) is 5.75. The van der Waals surface area contributed by atoms with Gasteiger partial charge in [0.2, 0.25) is 5.88 Å². The molecule has 1 unspecified atom stereocenters. The van der Waals surface area contributed by atoms with Gasteiger partial charge in [0.15, 0.2) is 0 Å². The first-order valence-corrected chi connectivity index (χ1v) is 7.56. The maximum absolute atomic E-state index is 5.58. The summed E-state index contributed by atoms with van der Waals surface area (Å²) in [5.74, 6) is 0.900. The highest BCUT2D eigenvalue weighted by molar-refractivity contribution is 5.35. The van der Waals surface area contributed by atoms with Crippen LogP contribution in [0.1, 0.15) is 35.7 Å². The number of nitrogens with zero attached hydrogens (tertiary/aromatic N) is 3. The predicted octanol–water partition coefficient (Wildman–Crippen LogP) is 3.07. The normalized spacial score (nSPS) is 19.1. The number of rotatable bonds is 4. The molecule has 1 aromatic heterocycles. The monoisotopic (exact) mass is 285 g/mol. The summed E-state index contributed by atoms with van der Waals surface area (Å²) in [6.07, 6.45) is 2.41. The van der Waals surface area contributed by atoms with E-state index in [0.29, 0.717) is 6.04 Å². The summed E-state index contributed by atoms with van der Waals surface area (Å²) in [4.78, 5) is 2.54. The van der Waals surface area contributed by atoms with Crippen LogP contribution < -0.4 is 4.74 Å². The molecule has 1 fully saturated rings. The molecule has 3 rings (SSSR count). The van der Waals surface area contributed by atoms with Gasteiger partial charge in [0.1, 0.15) is 0 Å². The van der Waals surface area contributed by atoms with Crippen LogP contribution in [0.2, 0.25) is 0 Å². The van der Waals surface area contributed by atoms with Crippen LogP contribution in [0.15, 0.2) is 30.3 Å². The first-order chi connectivity index (χ1) is 10.2. The van der Waals surface area contributed by atoms with E-state index in [4.69, 9.17) is 4.74 Å². The Morgan fingerprint density at radius 1 is 1.29 bits per heavy atom. The van der Waals surface area contributed by atoms with E-state index in [1.165, 1.54) is 24.0 Å². The van der Waals surface area contributed by atoms with Gasteiger partial charge in [-0.25, -0.2) is 4.68 Å². The molecule has 0 saturated carbocycles. The lowest BCUT2D eigenvalue weighted by molar-refractivity contribution is 0.241. The van der Waals surface area contributed by atoms with Crippen molar-refractivity contribution in [2.75, 3.05) is 13.7 Å². The zero-order chi connectivity index (χ0) is 14.8. The summed E-state index contributed by atoms with van der Waals surface area (Å²) in [5, 5.41) is 4.53. The summed E-state index contributed by atoms with van der Waals surface area (Å²) in [5.41, 5.74) is 3.71. The van der Waals surface area contributed by atoms with Crippen LogP contribution in [0.5, 0.6) is 5.88 Å². The number of aryl methyl sites for hydroxylation is 2. The highest BCUT2D eigenvalue weighted by atomic mass is 16.5. The number of hydrogen-bond donors (Lipinski definition) is 0. The van der Waals surface area contributed by atoms with E-state index < -0.39 is 0 Å². The molecule has 112 valence electrons. The molecule has 0 amide bonds. The maximum Gasteiger partial charge on any atom is 0.216 e. The molecule has 4 nitrogen and oxygen atoms in total. The fourth-order valence-electron chi connectivity index (χ4n) is 3.44. The maximum atomic E-state index is 5.58. The molecule has 0 spiro atoms. The van der Waals surface area contributed by atoms with E-state index >= 15 is 0 Å². The Kier molecular flexibility index (Phi) is 3.97. The van der Waals surface area contributed by atoms with Crippen molar-refractivity contribution in [2.45, 2.75) is 32.4 Å². The van der Waals surface area contributed by atoms with Gasteiger partial charge in [-0.15, -0.1) is 0 Å². The summed E-state index contributed by atoms with van der Waals surface area (Å²) in [7, 11) is 3.68. The Bertz CT molecular complexity index is 606. The molecule has 2 heterocycles. The molecular formula is C17H23N3O. The molecule has 1 atom stereocenters. The largest absolute Gasteiger partial charge is 0.481 e. The minimum absolute atomic E-state index is 0.411. The molecule has 1 aromatic carbocycles. The van der Waals surface area contributed by atoms with E-state index in [-0.39, 0.29) is 0 Å². The third kappa shape index (κ3) is 2.68. The molecule has 4 heteroatoms. The van der Waals surface area contributed by atoms with Crippen molar-refractivity contribution in [3.63, 3.8) is 0 Å². The molecule has 21 heavy (non-hydrogen) atoms. The second kappa shape index (κ2) is 5.90. The van der Waals surface area contributed by atoms with Gasteiger partial charge in [0, 0.05) is 19.6 Å². The van der Waals surface area contributed by atoms with Crippen molar-refractivity contribution in [3.05, 3.63) is 47.2 Å². The van der Waals surface area contributed by atoms with Crippen LogP contribution in [0.3, 0.4) is 0 Å². The van der Waals surface area contributed by atoms with Crippen LogP contribution in [0.25, 0.3) is 0 Å². The fourth-order valence-corrected chi connectivity index (χ4v) is 3.44. The third-order valence-corrected chi connectivity index (χ3v) is 4.33. The van der Waals surface area contributed by atoms with E-state index in [1.54, 1.807) is 7.11 Å². The minimum atomic E-state index is 0.411. The van der Waals surface area contributed by atoms with Crippen molar-refractivity contribution < 1.29 is 4.74 Å². The Labute approximate surface area is 126 Å². The highest BCUT2D eigenvalue weighted by Crippen LogP contribution is 2.39. The number of methoxy groups -OCH3 is 1. The van der Waals surface area contributed by atoms with Gasteiger partial charge in [-0.3, -0.25) is 4.90 Å². The van der Waals surface area contributed by atoms with Crippen molar-refractivity contribution in [1.29, 1.82) is 0 Å². The van der Waals surface area contributed by atoms with E-state index in [1.807, 2.05) is 11.7 Å². The molecule has 2 aromatic rings. The smallest absolute Gasteiger partial charge is 0.216 e. The summed E-state index contributed by atoms with van der Waals surface area (Å²) < 4.78 is 7.43. The SMILES string of the molecule is COc1c(C2CCCN2Cc2ccccc2)c(C)nn1C. The topological polar surface area (TPSA) is 30.3 Å². The van der Waals surface area contributed by atoms with Crippen LogP contribution in [0, 0.1) is 6.92 Å². The molecule has 1 aliphatic heterocycles.